The van der Waals surface area contributed by atoms with E-state index in [-0.39, 0.29) is 41.1 Å². The smallest absolute Gasteiger partial charge is 0.227 e. The Hall–Kier alpha value is -3.20. The first-order valence-electron chi connectivity index (χ1n) is 11.0. The zero-order valence-corrected chi connectivity index (χ0v) is 19.7. The van der Waals surface area contributed by atoms with Crippen LogP contribution < -0.4 is 4.90 Å². The molecule has 1 amide bonds. The lowest BCUT2D eigenvalue weighted by atomic mass is 10.1. The average Bonchev–Trinajstić information content (AvgIpc) is 3.26. The molecule has 2 heterocycles. The van der Waals surface area contributed by atoms with Gasteiger partial charge in [-0.15, -0.1) is 0 Å². The van der Waals surface area contributed by atoms with E-state index in [1.54, 1.807) is 18.2 Å². The SMILES string of the molecule is Cc1cccc(N2CCN(C(=O)CCc3nc(CS(=O)(=O)c4ccccc4)no3)CC2)c1C. The van der Waals surface area contributed by atoms with Crippen molar-refractivity contribution in [3.8, 4) is 0 Å². The van der Waals surface area contributed by atoms with Crippen LogP contribution in [0.5, 0.6) is 0 Å². The topological polar surface area (TPSA) is 96.6 Å². The van der Waals surface area contributed by atoms with Crippen LogP contribution in [0.1, 0.15) is 29.3 Å². The molecule has 9 heteroatoms. The number of hydrogen-bond donors (Lipinski definition) is 0. The molecule has 0 atom stereocenters. The molecule has 1 aliphatic rings. The first-order chi connectivity index (χ1) is 15.8. The van der Waals surface area contributed by atoms with E-state index in [1.807, 2.05) is 4.90 Å². The van der Waals surface area contributed by atoms with Gasteiger partial charge in [0.05, 0.1) is 4.90 Å². The minimum absolute atomic E-state index is 0.0345. The maximum Gasteiger partial charge on any atom is 0.227 e. The highest BCUT2D eigenvalue weighted by molar-refractivity contribution is 7.90. The van der Waals surface area contributed by atoms with E-state index < -0.39 is 9.84 Å². The van der Waals surface area contributed by atoms with Crippen LogP contribution in [-0.2, 0) is 26.8 Å². The largest absolute Gasteiger partial charge is 0.368 e. The number of aryl methyl sites for hydroxylation is 2. The monoisotopic (exact) mass is 468 g/mol. The molecule has 0 spiro atoms. The Morgan fingerprint density at radius 3 is 2.45 bits per heavy atom. The van der Waals surface area contributed by atoms with Crippen LogP contribution in [0.25, 0.3) is 0 Å². The van der Waals surface area contributed by atoms with Crippen LogP contribution in [0.3, 0.4) is 0 Å². The van der Waals surface area contributed by atoms with Gasteiger partial charge >= 0.3 is 0 Å². The van der Waals surface area contributed by atoms with Crippen molar-refractivity contribution < 1.29 is 17.7 Å². The molecule has 0 aliphatic carbocycles. The summed E-state index contributed by atoms with van der Waals surface area (Å²) in [4.78, 5) is 21.2. The number of anilines is 1. The van der Waals surface area contributed by atoms with Crippen molar-refractivity contribution in [2.75, 3.05) is 31.1 Å². The Labute approximate surface area is 194 Å². The molecule has 2 aromatic carbocycles. The number of hydrogen-bond acceptors (Lipinski definition) is 7. The van der Waals surface area contributed by atoms with Gasteiger partial charge in [0.1, 0.15) is 5.75 Å². The van der Waals surface area contributed by atoms with Crippen LogP contribution in [0.2, 0.25) is 0 Å². The van der Waals surface area contributed by atoms with E-state index in [2.05, 4.69) is 47.1 Å². The predicted molar refractivity (Wildman–Crippen MR) is 125 cm³/mol. The van der Waals surface area contributed by atoms with Crippen molar-refractivity contribution in [1.82, 2.24) is 15.0 Å². The normalized spacial score (nSPS) is 14.5. The second-order valence-corrected chi connectivity index (χ2v) is 10.3. The lowest BCUT2D eigenvalue weighted by Crippen LogP contribution is -2.49. The molecular formula is C24H28N4O4S. The number of nitrogens with zero attached hydrogens (tertiary/aromatic N) is 4. The molecule has 3 aromatic rings. The number of rotatable bonds is 7. The average molecular weight is 469 g/mol. The van der Waals surface area contributed by atoms with E-state index >= 15 is 0 Å². The van der Waals surface area contributed by atoms with Crippen LogP contribution in [-0.4, -0.2) is 55.5 Å². The third kappa shape index (κ3) is 5.42. The van der Waals surface area contributed by atoms with Gasteiger partial charge in [-0.1, -0.05) is 35.5 Å². The zero-order chi connectivity index (χ0) is 23.4. The lowest BCUT2D eigenvalue weighted by Gasteiger charge is -2.37. The summed E-state index contributed by atoms with van der Waals surface area (Å²) in [6, 6.07) is 14.5. The summed E-state index contributed by atoms with van der Waals surface area (Å²) >= 11 is 0. The molecule has 1 fully saturated rings. The van der Waals surface area contributed by atoms with Crippen LogP contribution in [0, 0.1) is 13.8 Å². The van der Waals surface area contributed by atoms with Gasteiger partial charge in [-0.05, 0) is 43.2 Å². The summed E-state index contributed by atoms with van der Waals surface area (Å²) in [5.41, 5.74) is 3.77. The zero-order valence-electron chi connectivity index (χ0n) is 18.9. The van der Waals surface area contributed by atoms with E-state index in [0.717, 1.165) is 13.1 Å². The summed E-state index contributed by atoms with van der Waals surface area (Å²) in [5, 5.41) is 3.78. The van der Waals surface area contributed by atoms with Crippen molar-refractivity contribution >= 4 is 21.4 Å². The summed E-state index contributed by atoms with van der Waals surface area (Å²) in [6.45, 7) is 7.15. The lowest BCUT2D eigenvalue weighted by molar-refractivity contribution is -0.131. The van der Waals surface area contributed by atoms with Gasteiger partial charge in [0.2, 0.25) is 11.8 Å². The molecule has 1 saturated heterocycles. The fraction of sp³-hybridized carbons (Fsp3) is 0.375. The molecule has 0 saturated carbocycles. The second kappa shape index (κ2) is 9.74. The van der Waals surface area contributed by atoms with Gasteiger partial charge in [-0.3, -0.25) is 4.79 Å². The second-order valence-electron chi connectivity index (χ2n) is 8.26. The van der Waals surface area contributed by atoms with E-state index in [9.17, 15) is 13.2 Å². The molecule has 0 bridgehead atoms. The minimum atomic E-state index is -3.55. The van der Waals surface area contributed by atoms with Gasteiger partial charge in [0.15, 0.2) is 15.7 Å². The number of aromatic nitrogens is 2. The Morgan fingerprint density at radius 2 is 1.73 bits per heavy atom. The van der Waals surface area contributed by atoms with Gasteiger partial charge in [0, 0.05) is 44.7 Å². The summed E-state index contributed by atoms with van der Waals surface area (Å²) < 4.78 is 30.1. The van der Waals surface area contributed by atoms with Crippen molar-refractivity contribution in [3.05, 3.63) is 71.4 Å². The molecule has 33 heavy (non-hydrogen) atoms. The fourth-order valence-corrected chi connectivity index (χ4v) is 5.17. The standard InChI is InChI=1S/C24H28N4O4S/c1-18-7-6-10-21(19(18)2)27-13-15-28(16-14-27)24(29)12-11-23-25-22(26-32-23)17-33(30,31)20-8-4-3-5-9-20/h3-10H,11-17H2,1-2H3. The quantitative estimate of drug-likeness (QED) is 0.526. The molecule has 4 rings (SSSR count). The molecular weight excluding hydrogens is 440 g/mol. The molecule has 1 aliphatic heterocycles. The summed E-state index contributed by atoms with van der Waals surface area (Å²) in [5.74, 6) is 0.0702. The van der Waals surface area contributed by atoms with E-state index in [0.29, 0.717) is 13.1 Å². The first-order valence-corrected chi connectivity index (χ1v) is 12.7. The third-order valence-corrected chi connectivity index (χ3v) is 7.66. The molecule has 8 nitrogen and oxygen atoms in total. The highest BCUT2D eigenvalue weighted by Crippen LogP contribution is 2.24. The molecule has 1 aromatic heterocycles. The third-order valence-electron chi connectivity index (χ3n) is 6.03. The molecule has 0 radical (unpaired) electrons. The van der Waals surface area contributed by atoms with Crippen LogP contribution in [0.15, 0.2) is 57.9 Å². The van der Waals surface area contributed by atoms with Gasteiger partial charge < -0.3 is 14.3 Å². The van der Waals surface area contributed by atoms with Crippen LogP contribution >= 0.6 is 0 Å². The van der Waals surface area contributed by atoms with Crippen molar-refractivity contribution in [2.45, 2.75) is 37.3 Å². The maximum atomic E-state index is 12.7. The summed E-state index contributed by atoms with van der Waals surface area (Å²) in [6.07, 6.45) is 0.533. The first kappa shape index (κ1) is 23.0. The number of carbonyl (C=O) groups excluding carboxylic acids is 1. The Kier molecular flexibility index (Phi) is 6.78. The maximum absolute atomic E-state index is 12.7. The number of benzene rings is 2. The van der Waals surface area contributed by atoms with E-state index in [1.165, 1.54) is 28.9 Å². The van der Waals surface area contributed by atoms with Crippen LogP contribution in [0.4, 0.5) is 5.69 Å². The highest BCUT2D eigenvalue weighted by Gasteiger charge is 2.23. The predicted octanol–water partition coefficient (Wildman–Crippen LogP) is 2.94. The number of sulfone groups is 1. The van der Waals surface area contributed by atoms with Gasteiger partial charge in [-0.25, -0.2) is 8.42 Å². The molecule has 0 N–H and O–H groups in total. The van der Waals surface area contributed by atoms with Crippen molar-refractivity contribution in [2.24, 2.45) is 0 Å². The van der Waals surface area contributed by atoms with E-state index in [4.69, 9.17) is 4.52 Å². The number of amides is 1. The van der Waals surface area contributed by atoms with Crippen molar-refractivity contribution in [3.63, 3.8) is 0 Å². The minimum Gasteiger partial charge on any atom is -0.368 e. The fourth-order valence-electron chi connectivity index (χ4n) is 3.98. The van der Waals surface area contributed by atoms with Gasteiger partial charge in [-0.2, -0.15) is 4.98 Å². The summed E-state index contributed by atoms with van der Waals surface area (Å²) in [7, 11) is -3.55. The number of carbonyl (C=O) groups is 1. The Morgan fingerprint density at radius 1 is 1.00 bits per heavy atom. The number of piperazine rings is 1. The molecule has 174 valence electrons. The van der Waals surface area contributed by atoms with Gasteiger partial charge in [0.25, 0.3) is 0 Å². The molecule has 0 unspecified atom stereocenters. The Bertz CT molecular complexity index is 1220. The highest BCUT2D eigenvalue weighted by atomic mass is 32.2. The Balaban J connectivity index is 1.28. The van der Waals surface area contributed by atoms with Crippen molar-refractivity contribution in [1.29, 1.82) is 0 Å².